The van der Waals surface area contributed by atoms with Crippen LogP contribution in [0.2, 0.25) is 0 Å². The molecule has 2 heteroatoms. The molecule has 0 saturated carbocycles. The van der Waals surface area contributed by atoms with Crippen molar-refractivity contribution in [1.82, 2.24) is 0 Å². The largest absolute Gasteiger partial charge is 0.508 e. The molecule has 0 fully saturated rings. The van der Waals surface area contributed by atoms with Gasteiger partial charge in [0.1, 0.15) is 11.5 Å². The summed E-state index contributed by atoms with van der Waals surface area (Å²) in [6.07, 6.45) is 0. The predicted octanol–water partition coefficient (Wildman–Crippen LogP) is 3.55. The van der Waals surface area contributed by atoms with Crippen LogP contribution in [0.1, 0.15) is 24.0 Å². The van der Waals surface area contributed by atoms with Crippen molar-refractivity contribution in [2.24, 2.45) is 0 Å². The highest BCUT2D eigenvalue weighted by Crippen LogP contribution is 2.33. The molecule has 0 spiro atoms. The molecule has 0 radical (unpaired) electrons. The van der Waals surface area contributed by atoms with Gasteiger partial charge in [0.05, 0.1) is 7.11 Å². The molecule has 0 bridgehead atoms. The number of hydrogen-bond donors (Lipinski definition) is 1. The zero-order valence-corrected chi connectivity index (χ0v) is 10.1. The normalized spacial score (nSPS) is 12.1. The Morgan fingerprint density at radius 2 is 1.76 bits per heavy atom. The van der Waals surface area contributed by atoms with Crippen LogP contribution in [0, 0.1) is 0 Å². The Morgan fingerprint density at radius 1 is 1.06 bits per heavy atom. The monoisotopic (exact) mass is 228 g/mol. The van der Waals surface area contributed by atoms with Crippen LogP contribution in [0.25, 0.3) is 0 Å². The number of phenols is 1. The predicted molar refractivity (Wildman–Crippen MR) is 68.6 cm³/mol. The lowest BCUT2D eigenvalue weighted by molar-refractivity contribution is 0.410. The molecule has 17 heavy (non-hydrogen) atoms. The van der Waals surface area contributed by atoms with Crippen LogP contribution in [0.3, 0.4) is 0 Å². The van der Waals surface area contributed by atoms with Gasteiger partial charge in [0, 0.05) is 11.5 Å². The zero-order valence-electron chi connectivity index (χ0n) is 10.1. The second-order valence-electron chi connectivity index (χ2n) is 4.06. The van der Waals surface area contributed by atoms with Crippen LogP contribution in [0.4, 0.5) is 0 Å². The van der Waals surface area contributed by atoms with Gasteiger partial charge in [-0.15, -0.1) is 0 Å². The van der Waals surface area contributed by atoms with E-state index in [0.717, 1.165) is 11.3 Å². The first-order chi connectivity index (χ1) is 8.22. The summed E-state index contributed by atoms with van der Waals surface area (Å²) in [5.74, 6) is 1.22. The number of aromatic hydroxyl groups is 1. The highest BCUT2D eigenvalue weighted by atomic mass is 16.5. The average molecular weight is 228 g/mol. The van der Waals surface area contributed by atoms with E-state index in [1.165, 1.54) is 5.56 Å². The number of rotatable bonds is 3. The Kier molecular flexibility index (Phi) is 3.33. The highest BCUT2D eigenvalue weighted by molar-refractivity contribution is 5.45. The van der Waals surface area contributed by atoms with E-state index in [9.17, 15) is 5.11 Å². The molecular formula is C15H16O2. The Bertz CT molecular complexity index is 492. The van der Waals surface area contributed by atoms with Crippen LogP contribution < -0.4 is 4.74 Å². The van der Waals surface area contributed by atoms with Crippen molar-refractivity contribution < 1.29 is 9.84 Å². The van der Waals surface area contributed by atoms with E-state index >= 15 is 0 Å². The van der Waals surface area contributed by atoms with Gasteiger partial charge in [0.15, 0.2) is 0 Å². The summed E-state index contributed by atoms with van der Waals surface area (Å²) in [4.78, 5) is 0. The summed E-state index contributed by atoms with van der Waals surface area (Å²) in [5, 5.41) is 9.91. The average Bonchev–Trinajstić information content (AvgIpc) is 2.39. The lowest BCUT2D eigenvalue weighted by Gasteiger charge is -2.15. The molecule has 2 nitrogen and oxygen atoms in total. The van der Waals surface area contributed by atoms with Crippen molar-refractivity contribution >= 4 is 0 Å². The summed E-state index contributed by atoms with van der Waals surface area (Å²) < 4.78 is 5.18. The molecule has 0 aliphatic rings. The minimum absolute atomic E-state index is 0.145. The highest BCUT2D eigenvalue weighted by Gasteiger charge is 2.13. The zero-order chi connectivity index (χ0) is 12.3. The third-order valence-corrected chi connectivity index (χ3v) is 3.00. The SMILES string of the molecule is COc1ccc(O)c([C@@H](C)c2ccccc2)c1. The van der Waals surface area contributed by atoms with E-state index < -0.39 is 0 Å². The second kappa shape index (κ2) is 4.91. The molecule has 1 atom stereocenters. The lowest BCUT2D eigenvalue weighted by Crippen LogP contribution is -1.97. The number of ether oxygens (including phenoxy) is 1. The van der Waals surface area contributed by atoms with Crippen molar-refractivity contribution in [3.63, 3.8) is 0 Å². The molecular weight excluding hydrogens is 212 g/mol. The fourth-order valence-corrected chi connectivity index (χ4v) is 1.93. The molecule has 2 rings (SSSR count). The quantitative estimate of drug-likeness (QED) is 0.870. The van der Waals surface area contributed by atoms with Crippen molar-refractivity contribution in [3.8, 4) is 11.5 Å². The van der Waals surface area contributed by atoms with Gasteiger partial charge in [-0.25, -0.2) is 0 Å². The van der Waals surface area contributed by atoms with Gasteiger partial charge in [0.2, 0.25) is 0 Å². The Balaban J connectivity index is 2.40. The van der Waals surface area contributed by atoms with Gasteiger partial charge in [-0.3, -0.25) is 0 Å². The van der Waals surface area contributed by atoms with E-state index in [1.807, 2.05) is 24.3 Å². The van der Waals surface area contributed by atoms with Gasteiger partial charge >= 0.3 is 0 Å². The maximum Gasteiger partial charge on any atom is 0.119 e. The number of phenolic OH excluding ortho intramolecular Hbond substituents is 1. The van der Waals surface area contributed by atoms with Crippen LogP contribution in [-0.2, 0) is 0 Å². The molecule has 0 saturated heterocycles. The molecule has 0 aromatic heterocycles. The molecule has 0 amide bonds. The third kappa shape index (κ3) is 2.41. The van der Waals surface area contributed by atoms with Gasteiger partial charge in [0.25, 0.3) is 0 Å². The molecule has 0 aliphatic heterocycles. The first kappa shape index (κ1) is 11.5. The van der Waals surface area contributed by atoms with Crippen LogP contribution >= 0.6 is 0 Å². The standard InChI is InChI=1S/C15H16O2/c1-11(12-6-4-3-5-7-12)14-10-13(17-2)8-9-15(14)16/h3-11,16H,1-2H3/t11-/m0/s1. The molecule has 1 N–H and O–H groups in total. The van der Waals surface area contributed by atoms with Crippen LogP contribution in [0.5, 0.6) is 11.5 Å². The fourth-order valence-electron chi connectivity index (χ4n) is 1.93. The smallest absolute Gasteiger partial charge is 0.119 e. The van der Waals surface area contributed by atoms with Gasteiger partial charge in [-0.2, -0.15) is 0 Å². The number of methoxy groups -OCH3 is 1. The summed E-state index contributed by atoms with van der Waals surface area (Å²) in [5.41, 5.74) is 2.06. The maximum absolute atomic E-state index is 9.91. The van der Waals surface area contributed by atoms with Crippen molar-refractivity contribution in [3.05, 3.63) is 59.7 Å². The number of benzene rings is 2. The van der Waals surface area contributed by atoms with E-state index in [0.29, 0.717) is 5.75 Å². The van der Waals surface area contributed by atoms with Crippen molar-refractivity contribution in [1.29, 1.82) is 0 Å². The van der Waals surface area contributed by atoms with Gasteiger partial charge in [-0.05, 0) is 23.8 Å². The van der Waals surface area contributed by atoms with Gasteiger partial charge < -0.3 is 9.84 Å². The van der Waals surface area contributed by atoms with Crippen LogP contribution in [-0.4, -0.2) is 12.2 Å². The molecule has 0 aliphatic carbocycles. The van der Waals surface area contributed by atoms with Crippen molar-refractivity contribution in [2.45, 2.75) is 12.8 Å². The Morgan fingerprint density at radius 3 is 2.41 bits per heavy atom. The van der Waals surface area contributed by atoms with Gasteiger partial charge in [-0.1, -0.05) is 37.3 Å². The summed E-state index contributed by atoms with van der Waals surface area (Å²) in [7, 11) is 1.63. The first-order valence-corrected chi connectivity index (χ1v) is 5.64. The molecule has 2 aromatic carbocycles. The Hall–Kier alpha value is -1.96. The van der Waals surface area contributed by atoms with E-state index in [2.05, 4.69) is 19.1 Å². The minimum atomic E-state index is 0.145. The van der Waals surface area contributed by atoms with E-state index in [4.69, 9.17) is 4.74 Å². The fraction of sp³-hybridized carbons (Fsp3) is 0.200. The minimum Gasteiger partial charge on any atom is -0.508 e. The second-order valence-corrected chi connectivity index (χ2v) is 4.06. The number of hydrogen-bond acceptors (Lipinski definition) is 2. The summed E-state index contributed by atoms with van der Waals surface area (Å²) >= 11 is 0. The van der Waals surface area contributed by atoms with E-state index in [-0.39, 0.29) is 5.92 Å². The summed E-state index contributed by atoms with van der Waals surface area (Å²) in [6, 6.07) is 15.4. The molecule has 2 aromatic rings. The Labute approximate surface area is 101 Å². The maximum atomic E-state index is 9.91. The third-order valence-electron chi connectivity index (χ3n) is 3.00. The summed E-state index contributed by atoms with van der Waals surface area (Å²) in [6.45, 7) is 2.07. The molecule has 0 unspecified atom stereocenters. The molecule has 88 valence electrons. The molecule has 0 heterocycles. The van der Waals surface area contributed by atoms with Crippen LogP contribution in [0.15, 0.2) is 48.5 Å². The van der Waals surface area contributed by atoms with Crippen molar-refractivity contribution in [2.75, 3.05) is 7.11 Å². The first-order valence-electron chi connectivity index (χ1n) is 5.64. The topological polar surface area (TPSA) is 29.5 Å². The van der Waals surface area contributed by atoms with E-state index in [1.54, 1.807) is 19.2 Å². The lowest BCUT2D eigenvalue weighted by atomic mass is 9.92.